The molecular weight excluding hydrogens is 200 g/mol. The van der Waals surface area contributed by atoms with Crippen LogP contribution in [0.5, 0.6) is 0 Å². The molecule has 0 aliphatic heterocycles. The molecule has 2 heterocycles. The van der Waals surface area contributed by atoms with E-state index in [0.717, 1.165) is 5.56 Å². The summed E-state index contributed by atoms with van der Waals surface area (Å²) in [5, 5.41) is 0.465. The van der Waals surface area contributed by atoms with E-state index in [4.69, 9.17) is 17.3 Å². The van der Waals surface area contributed by atoms with Crippen LogP contribution in [0.2, 0.25) is 5.02 Å². The molecule has 0 bridgehead atoms. The Morgan fingerprint density at radius 3 is 2.86 bits per heavy atom. The number of nitrogens with zero attached hydrogens (tertiary/aromatic N) is 3. The van der Waals surface area contributed by atoms with E-state index in [0.29, 0.717) is 10.7 Å². The maximum atomic E-state index is 5.92. The second-order valence-corrected chi connectivity index (χ2v) is 3.07. The minimum absolute atomic E-state index is 0.202. The van der Waals surface area contributed by atoms with Gasteiger partial charge in [0.15, 0.2) is 0 Å². The highest BCUT2D eigenvalue weighted by molar-refractivity contribution is 6.32. The number of rotatable bonds is 1. The Morgan fingerprint density at radius 2 is 2.14 bits per heavy atom. The van der Waals surface area contributed by atoms with Crippen LogP contribution in [0.4, 0.5) is 5.95 Å². The SMILES string of the molecule is Nc1ncc(Cl)c(-c2cccnc2)n1. The standard InChI is InChI=1S/C9H7ClN4/c10-7-5-13-9(11)14-8(7)6-2-1-3-12-4-6/h1-5H,(H2,11,13,14). The monoisotopic (exact) mass is 206 g/mol. The van der Waals surface area contributed by atoms with Crippen LogP contribution in [0.25, 0.3) is 11.3 Å². The van der Waals surface area contributed by atoms with Crippen molar-refractivity contribution in [2.24, 2.45) is 0 Å². The van der Waals surface area contributed by atoms with Crippen LogP contribution in [0.1, 0.15) is 0 Å². The van der Waals surface area contributed by atoms with Crippen molar-refractivity contribution in [2.75, 3.05) is 5.73 Å². The smallest absolute Gasteiger partial charge is 0.220 e. The molecule has 0 aliphatic rings. The van der Waals surface area contributed by atoms with Gasteiger partial charge in [0, 0.05) is 18.0 Å². The van der Waals surface area contributed by atoms with Crippen molar-refractivity contribution in [2.45, 2.75) is 0 Å². The highest BCUT2D eigenvalue weighted by Crippen LogP contribution is 2.24. The molecular formula is C9H7ClN4. The maximum Gasteiger partial charge on any atom is 0.220 e. The van der Waals surface area contributed by atoms with E-state index in [9.17, 15) is 0 Å². The van der Waals surface area contributed by atoms with Crippen molar-refractivity contribution >= 4 is 17.5 Å². The third kappa shape index (κ3) is 1.65. The molecule has 0 fully saturated rings. The zero-order valence-corrected chi connectivity index (χ0v) is 7.94. The molecule has 5 heteroatoms. The first-order chi connectivity index (χ1) is 6.77. The lowest BCUT2D eigenvalue weighted by molar-refractivity contribution is 1.18. The minimum Gasteiger partial charge on any atom is -0.368 e. The lowest BCUT2D eigenvalue weighted by atomic mass is 10.2. The molecule has 14 heavy (non-hydrogen) atoms. The van der Waals surface area contributed by atoms with Gasteiger partial charge in [0.05, 0.1) is 16.9 Å². The summed E-state index contributed by atoms with van der Waals surface area (Å²) >= 11 is 5.92. The van der Waals surface area contributed by atoms with Crippen LogP contribution in [0.3, 0.4) is 0 Å². The molecule has 0 aliphatic carbocycles. The predicted octanol–water partition coefficient (Wildman–Crippen LogP) is 1.77. The molecule has 0 aromatic carbocycles. The normalized spacial score (nSPS) is 10.1. The van der Waals surface area contributed by atoms with E-state index in [1.54, 1.807) is 12.4 Å². The molecule has 0 unspecified atom stereocenters. The van der Waals surface area contributed by atoms with Gasteiger partial charge < -0.3 is 5.73 Å². The van der Waals surface area contributed by atoms with E-state index in [1.807, 2.05) is 12.1 Å². The van der Waals surface area contributed by atoms with Crippen molar-refractivity contribution in [3.63, 3.8) is 0 Å². The summed E-state index contributed by atoms with van der Waals surface area (Å²) in [5.74, 6) is 0.202. The number of hydrogen-bond donors (Lipinski definition) is 1. The van der Waals surface area contributed by atoms with Crippen LogP contribution in [0, 0.1) is 0 Å². The third-order valence-corrected chi connectivity index (χ3v) is 1.97. The van der Waals surface area contributed by atoms with E-state index in [2.05, 4.69) is 15.0 Å². The van der Waals surface area contributed by atoms with Gasteiger partial charge in [0.1, 0.15) is 0 Å². The Labute approximate surface area is 85.8 Å². The largest absolute Gasteiger partial charge is 0.368 e. The van der Waals surface area contributed by atoms with E-state index < -0.39 is 0 Å². The fraction of sp³-hybridized carbons (Fsp3) is 0. The Balaban J connectivity index is 2.57. The highest BCUT2D eigenvalue weighted by Gasteiger charge is 2.05. The highest BCUT2D eigenvalue weighted by atomic mass is 35.5. The molecule has 0 spiro atoms. The summed E-state index contributed by atoms with van der Waals surface area (Å²) in [6.45, 7) is 0. The topological polar surface area (TPSA) is 64.7 Å². The Kier molecular flexibility index (Phi) is 2.28. The Morgan fingerprint density at radius 1 is 1.29 bits per heavy atom. The fourth-order valence-corrected chi connectivity index (χ4v) is 1.29. The summed E-state index contributed by atoms with van der Waals surface area (Å²) < 4.78 is 0. The number of pyridine rings is 1. The van der Waals surface area contributed by atoms with Gasteiger partial charge >= 0.3 is 0 Å². The van der Waals surface area contributed by atoms with Crippen LogP contribution in [0.15, 0.2) is 30.7 Å². The van der Waals surface area contributed by atoms with Crippen molar-refractivity contribution in [1.29, 1.82) is 0 Å². The molecule has 2 aromatic heterocycles. The second-order valence-electron chi connectivity index (χ2n) is 2.67. The molecule has 0 saturated carbocycles. The number of anilines is 1. The van der Waals surface area contributed by atoms with Gasteiger partial charge in [-0.1, -0.05) is 11.6 Å². The molecule has 2 N–H and O–H groups in total. The number of hydrogen-bond acceptors (Lipinski definition) is 4. The van der Waals surface area contributed by atoms with Crippen LogP contribution in [-0.2, 0) is 0 Å². The van der Waals surface area contributed by atoms with Crippen molar-refractivity contribution in [3.8, 4) is 11.3 Å². The van der Waals surface area contributed by atoms with E-state index >= 15 is 0 Å². The quantitative estimate of drug-likeness (QED) is 0.773. The van der Waals surface area contributed by atoms with Gasteiger partial charge in [-0.25, -0.2) is 9.97 Å². The zero-order chi connectivity index (χ0) is 9.97. The second kappa shape index (κ2) is 3.59. The van der Waals surface area contributed by atoms with Gasteiger partial charge in [0.25, 0.3) is 0 Å². The maximum absolute atomic E-state index is 5.92. The van der Waals surface area contributed by atoms with Crippen LogP contribution >= 0.6 is 11.6 Å². The summed E-state index contributed by atoms with van der Waals surface area (Å²) in [7, 11) is 0. The van der Waals surface area contributed by atoms with Crippen molar-refractivity contribution < 1.29 is 0 Å². The summed E-state index contributed by atoms with van der Waals surface area (Å²) in [5.41, 5.74) is 6.89. The lowest BCUT2D eigenvalue weighted by Crippen LogP contribution is -1.96. The van der Waals surface area contributed by atoms with Gasteiger partial charge in [-0.3, -0.25) is 4.98 Å². The molecule has 2 rings (SSSR count). The van der Waals surface area contributed by atoms with Gasteiger partial charge in [-0.2, -0.15) is 0 Å². The summed E-state index contributed by atoms with van der Waals surface area (Å²) in [6, 6.07) is 3.67. The number of nitrogens with two attached hydrogens (primary N) is 1. The first-order valence-corrected chi connectivity index (χ1v) is 4.33. The number of aromatic nitrogens is 3. The van der Waals surface area contributed by atoms with Gasteiger partial charge in [-0.05, 0) is 12.1 Å². The van der Waals surface area contributed by atoms with Crippen LogP contribution in [-0.4, -0.2) is 15.0 Å². The third-order valence-electron chi connectivity index (χ3n) is 1.70. The van der Waals surface area contributed by atoms with E-state index in [1.165, 1.54) is 6.20 Å². The molecule has 0 saturated heterocycles. The number of halogens is 1. The first-order valence-electron chi connectivity index (χ1n) is 3.96. The Hall–Kier alpha value is -1.68. The van der Waals surface area contributed by atoms with Crippen molar-refractivity contribution in [3.05, 3.63) is 35.7 Å². The average Bonchev–Trinajstić information content (AvgIpc) is 2.23. The molecule has 2 aromatic rings. The predicted molar refractivity (Wildman–Crippen MR) is 54.7 cm³/mol. The molecule has 0 radical (unpaired) electrons. The summed E-state index contributed by atoms with van der Waals surface area (Å²) in [6.07, 6.45) is 4.84. The number of nitrogen functional groups attached to an aromatic ring is 1. The van der Waals surface area contributed by atoms with Crippen molar-refractivity contribution in [1.82, 2.24) is 15.0 Å². The lowest BCUT2D eigenvalue weighted by Gasteiger charge is -2.02. The molecule has 70 valence electrons. The minimum atomic E-state index is 0.202. The van der Waals surface area contributed by atoms with Gasteiger partial charge in [-0.15, -0.1) is 0 Å². The van der Waals surface area contributed by atoms with E-state index in [-0.39, 0.29) is 5.95 Å². The summed E-state index contributed by atoms with van der Waals surface area (Å²) in [4.78, 5) is 11.8. The first kappa shape index (κ1) is 8.90. The molecule has 0 amide bonds. The molecule has 4 nitrogen and oxygen atoms in total. The Bertz CT molecular complexity index is 444. The average molecular weight is 207 g/mol. The fourth-order valence-electron chi connectivity index (χ4n) is 1.09. The zero-order valence-electron chi connectivity index (χ0n) is 7.18. The molecule has 0 atom stereocenters. The van der Waals surface area contributed by atoms with Crippen LogP contribution < -0.4 is 5.73 Å². The van der Waals surface area contributed by atoms with Gasteiger partial charge in [0.2, 0.25) is 5.95 Å².